The quantitative estimate of drug-likeness (QED) is 0.195. The van der Waals surface area contributed by atoms with E-state index in [2.05, 4.69) is 6.92 Å². The number of para-hydroxylation sites is 1. The Kier molecular flexibility index (Phi) is 10.2. The van der Waals surface area contributed by atoms with Crippen LogP contribution in [0.3, 0.4) is 0 Å². The molecule has 1 aliphatic heterocycles. The third-order valence-corrected chi connectivity index (χ3v) is 5.78. The highest BCUT2D eigenvalue weighted by Gasteiger charge is 2.31. The molecule has 7 heteroatoms. The summed E-state index contributed by atoms with van der Waals surface area (Å²) >= 11 is 6.73. The van der Waals surface area contributed by atoms with E-state index in [1.165, 1.54) is 11.8 Å². The second kappa shape index (κ2) is 12.6. The van der Waals surface area contributed by atoms with Crippen LogP contribution in [0.5, 0.6) is 5.75 Å². The van der Waals surface area contributed by atoms with Crippen molar-refractivity contribution in [3.05, 3.63) is 34.7 Å². The van der Waals surface area contributed by atoms with E-state index in [4.69, 9.17) is 21.7 Å². The largest absolute Gasteiger partial charge is 0.493 e. The number of amides is 1. The van der Waals surface area contributed by atoms with E-state index >= 15 is 0 Å². The molecule has 0 atom stereocenters. The Bertz CT molecular complexity index is 748. The summed E-state index contributed by atoms with van der Waals surface area (Å²) in [5, 5.41) is 0. The van der Waals surface area contributed by atoms with Crippen LogP contribution in [0.1, 0.15) is 57.9 Å². The number of nitrogens with zero attached hydrogens (tertiary/aromatic N) is 1. The van der Waals surface area contributed by atoms with Gasteiger partial charge < -0.3 is 9.47 Å². The Labute approximate surface area is 182 Å². The lowest BCUT2D eigenvalue weighted by Gasteiger charge is -2.14. The Balaban J connectivity index is 1.90. The summed E-state index contributed by atoms with van der Waals surface area (Å²) < 4.78 is 11.4. The zero-order valence-electron chi connectivity index (χ0n) is 17.1. The fourth-order valence-corrected chi connectivity index (χ4v) is 4.14. The normalized spacial score (nSPS) is 15.2. The van der Waals surface area contributed by atoms with Crippen LogP contribution >= 0.6 is 24.0 Å². The molecule has 1 aromatic carbocycles. The standard InChI is InChI=1S/C22H29NO4S2/c1-3-5-15-27-18-12-9-8-11-17(18)16-19-21(25)23(22(28)29-19)14-10-6-7-13-20(24)26-4-2/h8-9,11-12,16H,3-7,10,13-15H2,1-2H3/b19-16+. The van der Waals surface area contributed by atoms with E-state index in [1.54, 1.807) is 11.8 Å². The molecule has 1 saturated heterocycles. The summed E-state index contributed by atoms with van der Waals surface area (Å²) in [5.41, 5.74) is 0.888. The van der Waals surface area contributed by atoms with Crippen molar-refractivity contribution in [2.24, 2.45) is 0 Å². The summed E-state index contributed by atoms with van der Waals surface area (Å²) in [5.74, 6) is 0.555. The van der Waals surface area contributed by atoms with Gasteiger partial charge in [-0.05, 0) is 38.3 Å². The van der Waals surface area contributed by atoms with Crippen LogP contribution in [0, 0.1) is 0 Å². The third-order valence-electron chi connectivity index (χ3n) is 4.40. The molecule has 2 rings (SSSR count). The van der Waals surface area contributed by atoms with Crippen LogP contribution in [0.25, 0.3) is 6.08 Å². The highest BCUT2D eigenvalue weighted by molar-refractivity contribution is 8.26. The van der Waals surface area contributed by atoms with Gasteiger partial charge in [0.15, 0.2) is 0 Å². The SMILES string of the molecule is CCCCOc1ccccc1/C=C1/SC(=S)N(CCCCCC(=O)OCC)C1=O. The van der Waals surface area contributed by atoms with Crippen LogP contribution in [-0.2, 0) is 14.3 Å². The predicted octanol–water partition coefficient (Wildman–Crippen LogP) is 5.19. The smallest absolute Gasteiger partial charge is 0.305 e. The monoisotopic (exact) mass is 435 g/mol. The van der Waals surface area contributed by atoms with Crippen LogP contribution in [-0.4, -0.2) is 40.9 Å². The minimum absolute atomic E-state index is 0.0613. The molecule has 5 nitrogen and oxygen atoms in total. The lowest BCUT2D eigenvalue weighted by molar-refractivity contribution is -0.143. The molecule has 0 bridgehead atoms. The number of hydrogen-bond acceptors (Lipinski definition) is 6. The third kappa shape index (κ3) is 7.48. The first kappa shape index (κ1) is 23.4. The summed E-state index contributed by atoms with van der Waals surface area (Å²) in [6.07, 6.45) is 6.75. The predicted molar refractivity (Wildman–Crippen MR) is 122 cm³/mol. The Morgan fingerprint density at radius 1 is 1.17 bits per heavy atom. The van der Waals surface area contributed by atoms with Gasteiger partial charge in [-0.25, -0.2) is 0 Å². The molecule has 1 aliphatic rings. The minimum atomic E-state index is -0.166. The van der Waals surface area contributed by atoms with Crippen LogP contribution in [0.15, 0.2) is 29.2 Å². The van der Waals surface area contributed by atoms with Crippen molar-refractivity contribution >= 4 is 46.3 Å². The van der Waals surface area contributed by atoms with Gasteiger partial charge in [-0.15, -0.1) is 0 Å². The van der Waals surface area contributed by atoms with E-state index < -0.39 is 0 Å². The van der Waals surface area contributed by atoms with Gasteiger partial charge in [0, 0.05) is 18.5 Å². The first-order valence-corrected chi connectivity index (χ1v) is 11.4. The van der Waals surface area contributed by atoms with E-state index in [1.807, 2.05) is 30.3 Å². The van der Waals surface area contributed by atoms with Crippen LogP contribution in [0.4, 0.5) is 0 Å². The Morgan fingerprint density at radius 3 is 2.72 bits per heavy atom. The molecule has 0 saturated carbocycles. The zero-order chi connectivity index (χ0) is 21.1. The van der Waals surface area contributed by atoms with Crippen LogP contribution in [0.2, 0.25) is 0 Å². The molecule has 1 amide bonds. The van der Waals surface area contributed by atoms with Crippen molar-refractivity contribution in [3.8, 4) is 5.75 Å². The van der Waals surface area contributed by atoms with Crippen molar-refractivity contribution < 1.29 is 19.1 Å². The summed E-state index contributed by atoms with van der Waals surface area (Å²) in [4.78, 5) is 26.4. The molecular weight excluding hydrogens is 406 g/mol. The van der Waals surface area contributed by atoms with E-state index in [9.17, 15) is 9.59 Å². The first-order valence-electron chi connectivity index (χ1n) is 10.2. The number of unbranched alkanes of at least 4 members (excludes halogenated alkanes) is 3. The summed E-state index contributed by atoms with van der Waals surface area (Å²) in [7, 11) is 0. The van der Waals surface area contributed by atoms with E-state index in [0.29, 0.717) is 35.4 Å². The molecule has 0 aromatic heterocycles. The molecule has 29 heavy (non-hydrogen) atoms. The van der Waals surface area contributed by atoms with Gasteiger partial charge in [-0.1, -0.05) is 61.9 Å². The van der Waals surface area contributed by atoms with Gasteiger partial charge in [-0.2, -0.15) is 0 Å². The van der Waals surface area contributed by atoms with Crippen molar-refractivity contribution in [2.45, 2.75) is 52.4 Å². The molecule has 1 heterocycles. The van der Waals surface area contributed by atoms with Gasteiger partial charge in [0.1, 0.15) is 10.1 Å². The lowest BCUT2D eigenvalue weighted by Crippen LogP contribution is -2.29. The number of esters is 1. The fraction of sp³-hybridized carbons (Fsp3) is 0.500. The number of carbonyl (C=O) groups excluding carboxylic acids is 2. The molecule has 0 radical (unpaired) electrons. The second-order valence-corrected chi connectivity index (χ2v) is 8.36. The van der Waals surface area contributed by atoms with Crippen LogP contribution < -0.4 is 4.74 Å². The second-order valence-electron chi connectivity index (χ2n) is 6.69. The molecule has 0 spiro atoms. The molecule has 0 N–H and O–H groups in total. The number of benzene rings is 1. The number of hydrogen-bond donors (Lipinski definition) is 0. The van der Waals surface area contributed by atoms with Crippen molar-refractivity contribution in [3.63, 3.8) is 0 Å². The first-order chi connectivity index (χ1) is 14.1. The molecule has 158 valence electrons. The maximum atomic E-state index is 12.8. The fourth-order valence-electron chi connectivity index (χ4n) is 2.84. The van der Waals surface area contributed by atoms with Gasteiger partial charge in [-0.3, -0.25) is 14.5 Å². The molecule has 0 unspecified atom stereocenters. The molecular formula is C22H29NO4S2. The van der Waals surface area contributed by atoms with Crippen molar-refractivity contribution in [2.75, 3.05) is 19.8 Å². The van der Waals surface area contributed by atoms with E-state index in [-0.39, 0.29) is 11.9 Å². The van der Waals surface area contributed by atoms with E-state index in [0.717, 1.165) is 43.4 Å². The lowest BCUT2D eigenvalue weighted by atomic mass is 10.1. The average Bonchev–Trinajstić information content (AvgIpc) is 2.96. The Morgan fingerprint density at radius 2 is 1.97 bits per heavy atom. The van der Waals surface area contributed by atoms with Gasteiger partial charge >= 0.3 is 5.97 Å². The maximum absolute atomic E-state index is 12.8. The highest BCUT2D eigenvalue weighted by atomic mass is 32.2. The Hall–Kier alpha value is -1.86. The number of thiocarbonyl (C=S) groups is 1. The molecule has 1 aromatic rings. The topological polar surface area (TPSA) is 55.8 Å². The summed E-state index contributed by atoms with van der Waals surface area (Å²) in [6, 6.07) is 7.73. The highest BCUT2D eigenvalue weighted by Crippen LogP contribution is 2.34. The molecule has 0 aliphatic carbocycles. The minimum Gasteiger partial charge on any atom is -0.493 e. The zero-order valence-corrected chi connectivity index (χ0v) is 18.8. The average molecular weight is 436 g/mol. The number of thioether (sulfide) groups is 1. The maximum Gasteiger partial charge on any atom is 0.305 e. The molecule has 1 fully saturated rings. The number of rotatable bonds is 12. The summed E-state index contributed by atoms with van der Waals surface area (Å²) in [6.45, 7) is 5.57. The van der Waals surface area contributed by atoms with Gasteiger partial charge in [0.25, 0.3) is 5.91 Å². The van der Waals surface area contributed by atoms with Crippen molar-refractivity contribution in [1.29, 1.82) is 0 Å². The van der Waals surface area contributed by atoms with Gasteiger partial charge in [0.05, 0.1) is 18.1 Å². The van der Waals surface area contributed by atoms with Crippen molar-refractivity contribution in [1.82, 2.24) is 4.90 Å². The number of carbonyl (C=O) groups is 2. The van der Waals surface area contributed by atoms with Gasteiger partial charge in [0.2, 0.25) is 0 Å². The number of ether oxygens (including phenoxy) is 2.